The summed E-state index contributed by atoms with van der Waals surface area (Å²) in [4.78, 5) is 16.9. The number of carbonyl (C=O) groups is 1. The van der Waals surface area contributed by atoms with Crippen molar-refractivity contribution in [3.8, 4) is 0 Å². The van der Waals surface area contributed by atoms with Crippen LogP contribution in [-0.4, -0.2) is 20.5 Å². The highest BCUT2D eigenvalue weighted by molar-refractivity contribution is 9.10. The quantitative estimate of drug-likeness (QED) is 0.569. The Morgan fingerprint density at radius 2 is 2.07 bits per heavy atom. The summed E-state index contributed by atoms with van der Waals surface area (Å²) >= 11 is 4.89. The zero-order valence-corrected chi connectivity index (χ0v) is 17.2. The molecule has 1 N–H and O–H groups in total. The standard InChI is InChI=1S/C19H17BrN4O2S/c1-11-16(12(2)25)17(14-8-9-15(20)26-14)24-18(21-11)22-19(23-24)27-10-13-6-4-3-5-7-13/h3-9,17H,10H2,1-2H3,(H,21,22,23). The summed E-state index contributed by atoms with van der Waals surface area (Å²) in [5.74, 6) is 1.98. The summed E-state index contributed by atoms with van der Waals surface area (Å²) < 4.78 is 8.09. The first-order valence-electron chi connectivity index (χ1n) is 8.40. The molecule has 6 nitrogen and oxygen atoms in total. The number of carbonyl (C=O) groups excluding carboxylic acids is 1. The highest BCUT2D eigenvalue weighted by Crippen LogP contribution is 2.37. The smallest absolute Gasteiger partial charge is 0.227 e. The van der Waals surface area contributed by atoms with Gasteiger partial charge < -0.3 is 9.73 Å². The summed E-state index contributed by atoms with van der Waals surface area (Å²) in [6.45, 7) is 3.43. The molecule has 1 atom stereocenters. The molecule has 0 bridgehead atoms. The minimum absolute atomic E-state index is 0.0304. The van der Waals surface area contributed by atoms with Crippen LogP contribution in [0.4, 0.5) is 5.95 Å². The number of fused-ring (bicyclic) bond motifs is 1. The van der Waals surface area contributed by atoms with Gasteiger partial charge in [-0.15, -0.1) is 5.10 Å². The van der Waals surface area contributed by atoms with Crippen LogP contribution >= 0.6 is 27.7 Å². The average Bonchev–Trinajstić information content (AvgIpc) is 3.25. The molecule has 0 radical (unpaired) electrons. The van der Waals surface area contributed by atoms with Crippen LogP contribution in [0.25, 0.3) is 0 Å². The van der Waals surface area contributed by atoms with E-state index >= 15 is 0 Å². The predicted molar refractivity (Wildman–Crippen MR) is 108 cm³/mol. The predicted octanol–water partition coefficient (Wildman–Crippen LogP) is 4.80. The van der Waals surface area contributed by atoms with Crippen LogP contribution in [0.2, 0.25) is 0 Å². The molecule has 3 aromatic rings. The summed E-state index contributed by atoms with van der Waals surface area (Å²) in [6, 6.07) is 13.4. The number of hydrogen-bond acceptors (Lipinski definition) is 6. The Bertz CT molecular complexity index is 1030. The Morgan fingerprint density at radius 1 is 1.30 bits per heavy atom. The Kier molecular flexibility index (Phi) is 4.92. The second-order valence-corrected chi connectivity index (χ2v) is 7.93. The van der Waals surface area contributed by atoms with Gasteiger partial charge in [-0.05, 0) is 47.5 Å². The summed E-state index contributed by atoms with van der Waals surface area (Å²) in [5, 5.41) is 8.49. The van der Waals surface area contributed by atoms with Crippen LogP contribution in [-0.2, 0) is 10.5 Å². The largest absolute Gasteiger partial charge is 0.452 e. The molecule has 0 spiro atoms. The van der Waals surface area contributed by atoms with Crippen molar-refractivity contribution in [1.29, 1.82) is 0 Å². The molecule has 0 aliphatic carbocycles. The maximum absolute atomic E-state index is 12.3. The first-order chi connectivity index (χ1) is 13.0. The van der Waals surface area contributed by atoms with E-state index in [0.717, 1.165) is 11.4 Å². The minimum atomic E-state index is -0.441. The van der Waals surface area contributed by atoms with Gasteiger partial charge in [0.05, 0.1) is 0 Å². The van der Waals surface area contributed by atoms with E-state index < -0.39 is 6.04 Å². The molecule has 0 saturated carbocycles. The van der Waals surface area contributed by atoms with Crippen LogP contribution in [0.5, 0.6) is 0 Å². The normalized spacial score (nSPS) is 16.2. The third kappa shape index (κ3) is 3.59. The van der Waals surface area contributed by atoms with Crippen LogP contribution in [0.15, 0.2) is 68.0 Å². The topological polar surface area (TPSA) is 73.0 Å². The summed E-state index contributed by atoms with van der Waals surface area (Å²) in [6.07, 6.45) is 0. The van der Waals surface area contributed by atoms with E-state index in [2.05, 4.69) is 43.5 Å². The molecule has 3 heterocycles. The fourth-order valence-electron chi connectivity index (χ4n) is 3.11. The number of allylic oxidation sites excluding steroid dienone is 2. The van der Waals surface area contributed by atoms with Crippen molar-refractivity contribution in [1.82, 2.24) is 14.8 Å². The van der Waals surface area contributed by atoms with Gasteiger partial charge in [-0.1, -0.05) is 42.1 Å². The highest BCUT2D eigenvalue weighted by atomic mass is 79.9. The van der Waals surface area contributed by atoms with Gasteiger partial charge in [-0.25, -0.2) is 4.68 Å². The number of rotatable bonds is 5. The second kappa shape index (κ2) is 7.36. The number of halogens is 1. The second-order valence-electron chi connectivity index (χ2n) is 6.20. The fourth-order valence-corrected chi connectivity index (χ4v) is 4.21. The first-order valence-corrected chi connectivity index (χ1v) is 10.2. The molecule has 27 heavy (non-hydrogen) atoms. The maximum atomic E-state index is 12.3. The van der Waals surface area contributed by atoms with E-state index in [1.54, 1.807) is 23.4 Å². The molecule has 1 aliphatic rings. The molecule has 1 aromatic carbocycles. The third-order valence-corrected chi connectivity index (χ3v) is 5.62. The molecule has 0 saturated heterocycles. The van der Waals surface area contributed by atoms with E-state index in [0.29, 0.717) is 27.1 Å². The summed E-state index contributed by atoms with van der Waals surface area (Å²) in [7, 11) is 0. The van der Waals surface area contributed by atoms with Gasteiger partial charge in [0.25, 0.3) is 0 Å². The highest BCUT2D eigenvalue weighted by Gasteiger charge is 2.34. The number of nitrogens with one attached hydrogen (secondary N) is 1. The molecule has 2 aromatic heterocycles. The number of anilines is 1. The van der Waals surface area contributed by atoms with Crippen molar-refractivity contribution in [2.75, 3.05) is 5.32 Å². The molecular weight excluding hydrogens is 428 g/mol. The van der Waals surface area contributed by atoms with Gasteiger partial charge in [0.2, 0.25) is 11.1 Å². The Balaban J connectivity index is 1.68. The molecular formula is C19H17BrN4O2S. The lowest BCUT2D eigenvalue weighted by molar-refractivity contribution is -0.114. The minimum Gasteiger partial charge on any atom is -0.452 e. The number of furan rings is 1. The maximum Gasteiger partial charge on any atom is 0.227 e. The number of hydrogen-bond donors (Lipinski definition) is 1. The Labute approximate surface area is 169 Å². The number of Topliss-reactive ketones (excluding diaryl/α,β-unsaturated/α-hetero) is 1. The van der Waals surface area contributed by atoms with E-state index in [4.69, 9.17) is 4.42 Å². The summed E-state index contributed by atoms with van der Waals surface area (Å²) in [5.41, 5.74) is 2.59. The lowest BCUT2D eigenvalue weighted by Crippen LogP contribution is -2.27. The van der Waals surface area contributed by atoms with Crippen molar-refractivity contribution in [2.24, 2.45) is 0 Å². The van der Waals surface area contributed by atoms with Gasteiger partial charge in [0.1, 0.15) is 11.8 Å². The van der Waals surface area contributed by atoms with Crippen LogP contribution < -0.4 is 5.32 Å². The fraction of sp³-hybridized carbons (Fsp3) is 0.211. The molecule has 138 valence electrons. The van der Waals surface area contributed by atoms with Crippen molar-refractivity contribution in [2.45, 2.75) is 30.8 Å². The third-order valence-electron chi connectivity index (χ3n) is 4.29. The number of nitrogens with zero attached hydrogens (tertiary/aromatic N) is 3. The number of benzene rings is 1. The van der Waals surface area contributed by atoms with Crippen molar-refractivity contribution in [3.63, 3.8) is 0 Å². The molecule has 8 heteroatoms. The van der Waals surface area contributed by atoms with E-state index in [-0.39, 0.29) is 5.78 Å². The average molecular weight is 445 g/mol. The van der Waals surface area contributed by atoms with Crippen molar-refractivity contribution >= 4 is 39.4 Å². The molecule has 0 fully saturated rings. The van der Waals surface area contributed by atoms with Crippen LogP contribution in [0.1, 0.15) is 31.2 Å². The molecule has 1 aliphatic heterocycles. The SMILES string of the molecule is CC(=O)C1=C(C)Nc2nc(SCc3ccccc3)nn2C1c1ccc(Br)o1. The van der Waals surface area contributed by atoms with Crippen LogP contribution in [0.3, 0.4) is 0 Å². The van der Waals surface area contributed by atoms with Crippen molar-refractivity contribution in [3.05, 3.63) is 69.7 Å². The first kappa shape index (κ1) is 18.1. The Hall–Kier alpha value is -2.32. The molecule has 1 unspecified atom stereocenters. The van der Waals surface area contributed by atoms with Crippen molar-refractivity contribution < 1.29 is 9.21 Å². The zero-order valence-electron chi connectivity index (χ0n) is 14.8. The molecule has 4 rings (SSSR count). The monoisotopic (exact) mass is 444 g/mol. The van der Waals surface area contributed by atoms with Gasteiger partial charge in [0, 0.05) is 17.0 Å². The van der Waals surface area contributed by atoms with Gasteiger partial charge in [-0.3, -0.25) is 4.79 Å². The van der Waals surface area contributed by atoms with E-state index in [1.807, 2.05) is 37.3 Å². The van der Waals surface area contributed by atoms with Crippen LogP contribution in [0, 0.1) is 0 Å². The number of thioether (sulfide) groups is 1. The van der Waals surface area contributed by atoms with E-state index in [9.17, 15) is 4.79 Å². The van der Waals surface area contributed by atoms with E-state index in [1.165, 1.54) is 5.56 Å². The van der Waals surface area contributed by atoms with Gasteiger partial charge in [-0.2, -0.15) is 4.98 Å². The lowest BCUT2D eigenvalue weighted by atomic mass is 9.98. The molecule has 0 amide bonds. The van der Waals surface area contributed by atoms with Gasteiger partial charge >= 0.3 is 0 Å². The zero-order chi connectivity index (χ0) is 19.0. The Morgan fingerprint density at radius 3 is 2.74 bits per heavy atom. The van der Waals surface area contributed by atoms with Gasteiger partial charge in [0.15, 0.2) is 10.5 Å². The number of ketones is 1. The number of aromatic nitrogens is 3. The lowest BCUT2D eigenvalue weighted by Gasteiger charge is -2.26.